The van der Waals surface area contributed by atoms with Gasteiger partial charge in [0.15, 0.2) is 0 Å². The van der Waals surface area contributed by atoms with E-state index in [1.54, 1.807) is 0 Å². The molecule has 0 spiro atoms. The van der Waals surface area contributed by atoms with Crippen molar-refractivity contribution in [3.63, 3.8) is 0 Å². The van der Waals surface area contributed by atoms with Crippen LogP contribution in [0.5, 0.6) is 0 Å². The molecule has 0 unspecified atom stereocenters. The topological polar surface area (TPSA) is 19.4 Å². The first kappa shape index (κ1) is 12.4. The van der Waals surface area contributed by atoms with Crippen molar-refractivity contribution in [3.8, 4) is 0 Å². The van der Waals surface area contributed by atoms with E-state index in [1.807, 2.05) is 6.20 Å². The summed E-state index contributed by atoms with van der Waals surface area (Å²) in [6, 6.07) is 2.27. The molecule has 0 radical (unpaired) electrons. The van der Waals surface area contributed by atoms with Crippen molar-refractivity contribution in [2.75, 3.05) is 32.1 Å². The van der Waals surface area contributed by atoms with Gasteiger partial charge in [-0.2, -0.15) is 0 Å². The van der Waals surface area contributed by atoms with E-state index >= 15 is 0 Å². The summed E-state index contributed by atoms with van der Waals surface area (Å²) >= 11 is 0. The lowest BCUT2D eigenvalue weighted by Crippen LogP contribution is -2.30. The van der Waals surface area contributed by atoms with Gasteiger partial charge in [0.1, 0.15) is 5.82 Å². The summed E-state index contributed by atoms with van der Waals surface area (Å²) in [7, 11) is 4.18. The number of nitrogens with zero attached hydrogens (tertiary/aromatic N) is 3. The van der Waals surface area contributed by atoms with Gasteiger partial charge in [-0.3, -0.25) is 0 Å². The molecular formula is C14H23N3. The van der Waals surface area contributed by atoms with E-state index in [-0.39, 0.29) is 0 Å². The third-order valence-electron chi connectivity index (χ3n) is 3.26. The second-order valence-electron chi connectivity index (χ2n) is 5.27. The number of aromatic nitrogens is 1. The van der Waals surface area contributed by atoms with Gasteiger partial charge in [-0.05, 0) is 57.5 Å². The normalized spacial score (nSPS) is 16.6. The Bertz CT molecular complexity index is 368. The van der Waals surface area contributed by atoms with Crippen LogP contribution >= 0.6 is 0 Å². The van der Waals surface area contributed by atoms with Crippen molar-refractivity contribution < 1.29 is 0 Å². The van der Waals surface area contributed by atoms with Gasteiger partial charge in [0.2, 0.25) is 0 Å². The van der Waals surface area contributed by atoms with Gasteiger partial charge in [0.25, 0.3) is 0 Å². The summed E-state index contributed by atoms with van der Waals surface area (Å²) in [5.41, 5.74) is 2.61. The third-order valence-corrected chi connectivity index (χ3v) is 3.26. The van der Waals surface area contributed by atoms with Gasteiger partial charge in [-0.1, -0.05) is 0 Å². The number of hydrogen-bond donors (Lipinski definition) is 0. The Hall–Kier alpha value is -1.09. The Labute approximate surface area is 104 Å². The lowest BCUT2D eigenvalue weighted by atomic mass is 10.1. The van der Waals surface area contributed by atoms with E-state index in [0.29, 0.717) is 0 Å². The fraction of sp³-hybridized carbons (Fsp3) is 0.643. The Morgan fingerprint density at radius 3 is 2.53 bits per heavy atom. The molecule has 0 aromatic carbocycles. The first-order valence-corrected chi connectivity index (χ1v) is 6.52. The molecule has 0 amide bonds. The molecule has 2 heterocycles. The molecular weight excluding hydrogens is 210 g/mol. The minimum Gasteiger partial charge on any atom is -0.356 e. The predicted octanol–water partition coefficient (Wildman–Crippen LogP) is 2.44. The Balaban J connectivity index is 2.13. The van der Waals surface area contributed by atoms with Crippen LogP contribution in [0.2, 0.25) is 0 Å². The smallest absolute Gasteiger partial charge is 0.131 e. The molecule has 17 heavy (non-hydrogen) atoms. The summed E-state index contributed by atoms with van der Waals surface area (Å²) in [6.45, 7) is 5.48. The van der Waals surface area contributed by atoms with E-state index < -0.39 is 0 Å². The van der Waals surface area contributed by atoms with Gasteiger partial charge in [-0.25, -0.2) is 4.98 Å². The Morgan fingerprint density at radius 1 is 1.24 bits per heavy atom. The van der Waals surface area contributed by atoms with Crippen molar-refractivity contribution in [1.82, 2.24) is 9.88 Å². The highest BCUT2D eigenvalue weighted by Crippen LogP contribution is 2.22. The minimum atomic E-state index is 0.966. The first-order chi connectivity index (χ1) is 8.16. The summed E-state index contributed by atoms with van der Waals surface area (Å²) in [6.07, 6.45) is 6.01. The lowest BCUT2D eigenvalue weighted by Gasteiger charge is -2.29. The molecule has 1 aromatic rings. The molecule has 3 heteroatoms. The summed E-state index contributed by atoms with van der Waals surface area (Å²) < 4.78 is 0. The molecule has 1 aromatic heterocycles. The standard InChI is InChI=1S/C14H23N3/c1-12-9-13(11-16(2)3)10-15-14(12)17-7-5-4-6-8-17/h9-10H,4-8,11H2,1-3H3. The quantitative estimate of drug-likeness (QED) is 0.799. The van der Waals surface area contributed by atoms with E-state index in [9.17, 15) is 0 Å². The van der Waals surface area contributed by atoms with Crippen LogP contribution in [0.15, 0.2) is 12.3 Å². The molecule has 0 aliphatic carbocycles. The van der Waals surface area contributed by atoms with E-state index in [2.05, 4.69) is 41.9 Å². The molecule has 0 saturated carbocycles. The molecule has 1 fully saturated rings. The van der Waals surface area contributed by atoms with Crippen LogP contribution in [0, 0.1) is 6.92 Å². The lowest BCUT2D eigenvalue weighted by molar-refractivity contribution is 0.402. The average molecular weight is 233 g/mol. The molecule has 3 nitrogen and oxygen atoms in total. The largest absolute Gasteiger partial charge is 0.356 e. The maximum absolute atomic E-state index is 4.65. The number of piperidine rings is 1. The summed E-state index contributed by atoms with van der Waals surface area (Å²) in [5, 5.41) is 0. The highest BCUT2D eigenvalue weighted by Gasteiger charge is 2.14. The molecule has 2 rings (SSSR count). The maximum atomic E-state index is 4.65. The monoisotopic (exact) mass is 233 g/mol. The van der Waals surface area contributed by atoms with E-state index in [0.717, 1.165) is 6.54 Å². The number of rotatable bonds is 3. The molecule has 1 aliphatic heterocycles. The molecule has 94 valence electrons. The zero-order valence-electron chi connectivity index (χ0n) is 11.2. The molecule has 0 N–H and O–H groups in total. The van der Waals surface area contributed by atoms with Crippen LogP contribution in [-0.4, -0.2) is 37.1 Å². The molecule has 1 aliphatic rings. The first-order valence-electron chi connectivity index (χ1n) is 6.52. The third kappa shape index (κ3) is 3.19. The maximum Gasteiger partial charge on any atom is 0.131 e. The van der Waals surface area contributed by atoms with Gasteiger partial charge in [0, 0.05) is 25.8 Å². The van der Waals surface area contributed by atoms with Gasteiger partial charge in [-0.15, -0.1) is 0 Å². The Kier molecular flexibility index (Phi) is 4.00. The number of pyridine rings is 1. The van der Waals surface area contributed by atoms with Gasteiger partial charge >= 0.3 is 0 Å². The van der Waals surface area contributed by atoms with Crippen molar-refractivity contribution in [2.45, 2.75) is 32.7 Å². The summed E-state index contributed by atoms with van der Waals surface area (Å²) in [4.78, 5) is 9.26. The van der Waals surface area contributed by atoms with Crippen LogP contribution in [0.1, 0.15) is 30.4 Å². The number of aryl methyl sites for hydroxylation is 1. The fourth-order valence-corrected chi connectivity index (χ4v) is 2.51. The van der Waals surface area contributed by atoms with Crippen LogP contribution in [0.4, 0.5) is 5.82 Å². The highest BCUT2D eigenvalue weighted by atomic mass is 15.2. The van der Waals surface area contributed by atoms with Gasteiger partial charge < -0.3 is 9.80 Å². The second kappa shape index (κ2) is 5.50. The molecule has 1 saturated heterocycles. The summed E-state index contributed by atoms with van der Waals surface area (Å²) in [5.74, 6) is 1.19. The van der Waals surface area contributed by atoms with Crippen molar-refractivity contribution in [3.05, 3.63) is 23.4 Å². The van der Waals surface area contributed by atoms with Crippen molar-refractivity contribution in [1.29, 1.82) is 0 Å². The van der Waals surface area contributed by atoms with E-state index in [1.165, 1.54) is 49.3 Å². The van der Waals surface area contributed by atoms with Crippen LogP contribution < -0.4 is 4.90 Å². The van der Waals surface area contributed by atoms with Crippen LogP contribution in [0.3, 0.4) is 0 Å². The SMILES string of the molecule is Cc1cc(CN(C)C)cnc1N1CCCCC1. The molecule has 0 bridgehead atoms. The van der Waals surface area contributed by atoms with Crippen LogP contribution in [-0.2, 0) is 6.54 Å². The number of hydrogen-bond acceptors (Lipinski definition) is 3. The van der Waals surface area contributed by atoms with Gasteiger partial charge in [0.05, 0.1) is 0 Å². The number of anilines is 1. The van der Waals surface area contributed by atoms with Crippen molar-refractivity contribution in [2.24, 2.45) is 0 Å². The minimum absolute atomic E-state index is 0.966. The van der Waals surface area contributed by atoms with Crippen LogP contribution in [0.25, 0.3) is 0 Å². The second-order valence-corrected chi connectivity index (χ2v) is 5.27. The van der Waals surface area contributed by atoms with Crippen molar-refractivity contribution >= 4 is 5.82 Å². The fourth-order valence-electron chi connectivity index (χ4n) is 2.51. The zero-order valence-corrected chi connectivity index (χ0v) is 11.2. The average Bonchev–Trinajstić information content (AvgIpc) is 2.29. The molecule has 0 atom stereocenters. The highest BCUT2D eigenvalue weighted by molar-refractivity contribution is 5.47. The van der Waals surface area contributed by atoms with E-state index in [4.69, 9.17) is 0 Å². The predicted molar refractivity (Wildman–Crippen MR) is 72.4 cm³/mol. The Morgan fingerprint density at radius 2 is 1.94 bits per heavy atom. The zero-order chi connectivity index (χ0) is 12.3.